The van der Waals surface area contributed by atoms with E-state index in [2.05, 4.69) is 31.2 Å². The molecule has 0 bridgehead atoms. The van der Waals surface area contributed by atoms with Crippen LogP contribution < -0.4 is 21.3 Å². The zero-order valence-corrected chi connectivity index (χ0v) is 21.5. The second kappa shape index (κ2) is 13.0. The van der Waals surface area contributed by atoms with E-state index < -0.39 is 0 Å². The van der Waals surface area contributed by atoms with E-state index in [0.717, 1.165) is 46.6 Å². The van der Waals surface area contributed by atoms with Crippen LogP contribution >= 0.6 is 24.0 Å². The molecule has 0 aliphatic rings. The van der Waals surface area contributed by atoms with E-state index in [1.807, 2.05) is 51.2 Å². The topological polar surface area (TPSA) is 93.3 Å². The molecule has 0 saturated heterocycles. The summed E-state index contributed by atoms with van der Waals surface area (Å²) < 4.78 is 13.4. The van der Waals surface area contributed by atoms with E-state index in [4.69, 9.17) is 0 Å². The van der Waals surface area contributed by atoms with Crippen LogP contribution in [0.1, 0.15) is 31.9 Å². The number of hydrogen-bond donors (Lipinski definition) is 5. The Labute approximate surface area is 211 Å². The fraction of sp³-hybridized carbons (Fsp3) is 0.333. The van der Waals surface area contributed by atoms with Crippen LogP contribution in [-0.4, -0.2) is 36.1 Å². The molecule has 0 aliphatic carbocycles. The number of urea groups is 1. The number of hydrogen-bond acceptors (Lipinski definition) is 2. The van der Waals surface area contributed by atoms with Gasteiger partial charge in [0.2, 0.25) is 0 Å². The van der Waals surface area contributed by atoms with E-state index >= 15 is 0 Å². The Morgan fingerprint density at radius 3 is 2.58 bits per heavy atom. The number of guanidine groups is 1. The number of aromatic nitrogens is 1. The monoisotopic (exact) mass is 566 g/mol. The molecule has 7 nitrogen and oxygen atoms in total. The molecule has 5 N–H and O–H groups in total. The van der Waals surface area contributed by atoms with Gasteiger partial charge in [-0.15, -0.1) is 24.0 Å². The number of halogens is 2. The van der Waals surface area contributed by atoms with Gasteiger partial charge in [0.15, 0.2) is 5.96 Å². The first-order valence-electron chi connectivity index (χ1n) is 10.9. The van der Waals surface area contributed by atoms with Crippen molar-refractivity contribution >= 4 is 52.6 Å². The minimum Gasteiger partial charge on any atom is -0.361 e. The molecule has 0 spiro atoms. The average molecular weight is 566 g/mol. The maximum Gasteiger partial charge on any atom is 0.319 e. The highest BCUT2D eigenvalue weighted by Gasteiger charge is 2.06. The molecule has 2 aromatic carbocycles. The minimum atomic E-state index is -0.242. The molecule has 2 amide bonds. The van der Waals surface area contributed by atoms with Gasteiger partial charge in [-0.25, -0.2) is 14.2 Å². The van der Waals surface area contributed by atoms with Gasteiger partial charge in [-0.1, -0.05) is 12.1 Å². The summed E-state index contributed by atoms with van der Waals surface area (Å²) >= 11 is 0. The highest BCUT2D eigenvalue weighted by molar-refractivity contribution is 14.0. The van der Waals surface area contributed by atoms with Crippen molar-refractivity contribution in [2.24, 2.45) is 4.99 Å². The maximum atomic E-state index is 13.4. The van der Waals surface area contributed by atoms with E-state index in [9.17, 15) is 9.18 Å². The van der Waals surface area contributed by atoms with Crippen molar-refractivity contribution in [1.82, 2.24) is 20.9 Å². The van der Waals surface area contributed by atoms with Gasteiger partial charge >= 0.3 is 6.03 Å². The lowest BCUT2D eigenvalue weighted by molar-refractivity contribution is 0.250. The lowest BCUT2D eigenvalue weighted by Crippen LogP contribution is -2.38. The summed E-state index contributed by atoms with van der Waals surface area (Å²) in [6.07, 6.45) is 2.71. The maximum absolute atomic E-state index is 13.4. The van der Waals surface area contributed by atoms with Crippen LogP contribution in [0.15, 0.2) is 53.7 Å². The number of carbonyl (C=O) groups excluding carboxylic acids is 1. The van der Waals surface area contributed by atoms with Crippen LogP contribution in [0.5, 0.6) is 0 Å². The summed E-state index contributed by atoms with van der Waals surface area (Å²) in [6, 6.07) is 12.3. The number of fused-ring (bicyclic) bond motifs is 1. The van der Waals surface area contributed by atoms with Crippen LogP contribution in [0.3, 0.4) is 0 Å². The van der Waals surface area contributed by atoms with E-state index in [-0.39, 0.29) is 41.9 Å². The highest BCUT2D eigenvalue weighted by Crippen LogP contribution is 2.19. The van der Waals surface area contributed by atoms with Crippen molar-refractivity contribution in [3.8, 4) is 0 Å². The van der Waals surface area contributed by atoms with Crippen LogP contribution in [-0.2, 0) is 13.0 Å². The molecule has 0 unspecified atom stereocenters. The van der Waals surface area contributed by atoms with Gasteiger partial charge < -0.3 is 26.3 Å². The van der Waals surface area contributed by atoms with Gasteiger partial charge in [0, 0.05) is 41.9 Å². The number of carbonyl (C=O) groups is 1. The van der Waals surface area contributed by atoms with Crippen molar-refractivity contribution < 1.29 is 9.18 Å². The predicted octanol–water partition coefficient (Wildman–Crippen LogP) is 4.75. The second-order valence-electron chi connectivity index (χ2n) is 7.83. The number of aromatic amines is 1. The van der Waals surface area contributed by atoms with Crippen LogP contribution in [0, 0.1) is 5.82 Å². The first kappa shape index (κ1) is 26.4. The van der Waals surface area contributed by atoms with Crippen molar-refractivity contribution in [2.75, 3.05) is 18.4 Å². The normalized spacial score (nSPS) is 11.2. The summed E-state index contributed by atoms with van der Waals surface area (Å²) in [6.45, 7) is 7.82. The van der Waals surface area contributed by atoms with Gasteiger partial charge in [0.05, 0.1) is 6.54 Å². The zero-order valence-electron chi connectivity index (χ0n) is 19.2. The van der Waals surface area contributed by atoms with E-state index in [1.54, 1.807) is 6.07 Å². The Morgan fingerprint density at radius 2 is 1.88 bits per heavy atom. The molecule has 0 fully saturated rings. The molecule has 1 heterocycles. The Balaban J connectivity index is 0.00000385. The standard InChI is InChI=1S/C24H31FN6O.HI/c1-4-26-23(27-12-11-18-15-28-22-13-19(25)7-10-21(18)22)29-14-17-5-8-20(9-6-17)31-24(32)30-16(2)3;/h5-10,13,15-16,28H,4,11-12,14H2,1-3H3,(H2,26,27,29)(H2,30,31,32);1H. The lowest BCUT2D eigenvalue weighted by Gasteiger charge is -2.12. The molecule has 9 heteroatoms. The summed E-state index contributed by atoms with van der Waals surface area (Å²) in [5.74, 6) is 0.491. The Bertz CT molecular complexity index is 1060. The molecule has 178 valence electrons. The molecule has 3 rings (SSSR count). The van der Waals surface area contributed by atoms with Gasteiger partial charge in [-0.2, -0.15) is 0 Å². The molecule has 0 atom stereocenters. The summed E-state index contributed by atoms with van der Waals surface area (Å²) in [4.78, 5) is 19.6. The first-order chi connectivity index (χ1) is 15.4. The number of anilines is 1. The molecule has 0 radical (unpaired) electrons. The fourth-order valence-corrected chi connectivity index (χ4v) is 3.32. The lowest BCUT2D eigenvalue weighted by atomic mass is 10.1. The Kier molecular flexibility index (Phi) is 10.4. The van der Waals surface area contributed by atoms with Crippen LogP contribution in [0.2, 0.25) is 0 Å². The van der Waals surface area contributed by atoms with Crippen LogP contribution in [0.25, 0.3) is 10.9 Å². The number of aliphatic imine (C=N–C) groups is 1. The molecule has 0 aliphatic heterocycles. The number of amides is 2. The number of benzene rings is 2. The largest absolute Gasteiger partial charge is 0.361 e. The smallest absolute Gasteiger partial charge is 0.319 e. The number of rotatable bonds is 8. The third-order valence-corrected chi connectivity index (χ3v) is 4.81. The van der Waals surface area contributed by atoms with Crippen molar-refractivity contribution in [3.63, 3.8) is 0 Å². The minimum absolute atomic E-state index is 0. The third kappa shape index (κ3) is 8.23. The molecule has 0 saturated carbocycles. The molecule has 1 aromatic heterocycles. The highest BCUT2D eigenvalue weighted by atomic mass is 127. The van der Waals surface area contributed by atoms with Crippen LogP contribution in [0.4, 0.5) is 14.9 Å². The summed E-state index contributed by atoms with van der Waals surface area (Å²) in [5.41, 5.74) is 3.71. The fourth-order valence-electron chi connectivity index (χ4n) is 3.32. The number of nitrogens with one attached hydrogen (secondary N) is 5. The quantitative estimate of drug-likeness (QED) is 0.155. The SMILES string of the molecule is CCNC(=NCc1ccc(NC(=O)NC(C)C)cc1)NCCc1c[nH]c2cc(F)ccc12.I. The Morgan fingerprint density at radius 1 is 1.12 bits per heavy atom. The van der Waals surface area contributed by atoms with Gasteiger partial charge in [0.25, 0.3) is 0 Å². The number of H-pyrrole nitrogens is 1. The second-order valence-corrected chi connectivity index (χ2v) is 7.83. The molecule has 3 aromatic rings. The molecule has 33 heavy (non-hydrogen) atoms. The molecular formula is C24H32FIN6O. The van der Waals surface area contributed by atoms with Crippen molar-refractivity contribution in [2.45, 2.75) is 39.8 Å². The zero-order chi connectivity index (χ0) is 22.9. The van der Waals surface area contributed by atoms with Gasteiger partial charge in [0.1, 0.15) is 5.82 Å². The summed E-state index contributed by atoms with van der Waals surface area (Å²) in [7, 11) is 0. The average Bonchev–Trinajstić information content (AvgIpc) is 3.14. The number of nitrogens with zero attached hydrogens (tertiary/aromatic N) is 1. The van der Waals surface area contributed by atoms with Crippen molar-refractivity contribution in [3.05, 3.63) is 65.6 Å². The van der Waals surface area contributed by atoms with Gasteiger partial charge in [-0.3, -0.25) is 0 Å². The van der Waals surface area contributed by atoms with E-state index in [0.29, 0.717) is 13.1 Å². The van der Waals surface area contributed by atoms with Crippen molar-refractivity contribution in [1.29, 1.82) is 0 Å². The third-order valence-electron chi connectivity index (χ3n) is 4.81. The summed E-state index contributed by atoms with van der Waals surface area (Å²) in [5, 5.41) is 13.2. The van der Waals surface area contributed by atoms with Gasteiger partial charge in [-0.05, 0) is 68.7 Å². The first-order valence-corrected chi connectivity index (χ1v) is 10.9. The predicted molar refractivity (Wildman–Crippen MR) is 144 cm³/mol. The van der Waals surface area contributed by atoms with E-state index in [1.165, 1.54) is 12.1 Å². The Hall–Kier alpha value is -2.82. The molecular weight excluding hydrogens is 534 g/mol.